The molecule has 0 aliphatic carbocycles. The maximum atomic E-state index is 11.4. The van der Waals surface area contributed by atoms with Crippen LogP contribution in [0, 0.1) is 39.9 Å². The molecule has 0 spiro atoms. The number of esters is 1. The summed E-state index contributed by atoms with van der Waals surface area (Å²) >= 11 is 0. The second-order valence-corrected chi connectivity index (χ2v) is 4.33. The molecule has 15 heavy (non-hydrogen) atoms. The van der Waals surface area contributed by atoms with Gasteiger partial charge in [0.05, 0.1) is 24.7 Å². The second kappa shape index (κ2) is 5.36. The smallest absolute Gasteiger partial charge is 0.324 e. The van der Waals surface area contributed by atoms with Crippen molar-refractivity contribution >= 4 is 5.97 Å². The molecule has 0 fully saturated rings. The molecule has 0 saturated carbocycles. The van der Waals surface area contributed by atoms with E-state index in [2.05, 4.69) is 0 Å². The van der Waals surface area contributed by atoms with Crippen LogP contribution in [0.25, 0.3) is 0 Å². The van der Waals surface area contributed by atoms with Gasteiger partial charge in [-0.15, -0.1) is 0 Å². The minimum atomic E-state index is -1.00. The molecule has 4 heteroatoms. The van der Waals surface area contributed by atoms with Gasteiger partial charge in [0, 0.05) is 0 Å². The highest BCUT2D eigenvalue weighted by Gasteiger charge is 2.37. The molecular weight excluding hydrogens is 192 g/mol. The van der Waals surface area contributed by atoms with E-state index in [1.54, 1.807) is 6.92 Å². The van der Waals surface area contributed by atoms with Crippen LogP contribution in [-0.4, -0.2) is 12.6 Å². The number of carbonyl (C=O) groups is 1. The zero-order valence-electron chi connectivity index (χ0n) is 9.57. The molecule has 0 aliphatic heterocycles. The van der Waals surface area contributed by atoms with E-state index in [-0.39, 0.29) is 6.61 Å². The Morgan fingerprint density at radius 3 is 2.13 bits per heavy atom. The van der Waals surface area contributed by atoms with Crippen molar-refractivity contribution in [2.24, 2.45) is 17.3 Å². The molecule has 0 N–H and O–H groups in total. The summed E-state index contributed by atoms with van der Waals surface area (Å²) < 4.78 is 4.76. The highest BCUT2D eigenvalue weighted by Crippen LogP contribution is 2.32. The van der Waals surface area contributed by atoms with Gasteiger partial charge in [-0.05, 0) is 12.3 Å². The molecule has 0 aromatic heterocycles. The average Bonchev–Trinajstić information content (AvgIpc) is 2.11. The number of nitriles is 2. The molecular formula is C11H16N2O2. The first kappa shape index (κ1) is 13.4. The number of carbonyl (C=O) groups excluding carboxylic acids is 1. The van der Waals surface area contributed by atoms with E-state index in [1.165, 1.54) is 0 Å². The number of hydrogen-bond donors (Lipinski definition) is 0. The van der Waals surface area contributed by atoms with Gasteiger partial charge in [-0.1, -0.05) is 20.8 Å². The van der Waals surface area contributed by atoms with Crippen LogP contribution in [0.1, 0.15) is 27.7 Å². The minimum Gasteiger partial charge on any atom is -0.465 e. The Bertz CT molecular complexity index is 304. The zero-order chi connectivity index (χ0) is 12.1. The van der Waals surface area contributed by atoms with Crippen molar-refractivity contribution in [2.45, 2.75) is 27.7 Å². The fraction of sp³-hybridized carbons (Fsp3) is 0.727. The van der Waals surface area contributed by atoms with Crippen molar-refractivity contribution in [3.8, 4) is 12.1 Å². The van der Waals surface area contributed by atoms with E-state index in [0.29, 0.717) is 0 Å². The Morgan fingerprint density at radius 2 is 1.87 bits per heavy atom. The second-order valence-electron chi connectivity index (χ2n) is 4.33. The first-order chi connectivity index (χ1) is 6.88. The van der Waals surface area contributed by atoms with Gasteiger partial charge >= 0.3 is 5.97 Å². The molecule has 0 aromatic rings. The van der Waals surface area contributed by atoms with E-state index >= 15 is 0 Å². The van der Waals surface area contributed by atoms with Crippen molar-refractivity contribution in [1.82, 2.24) is 0 Å². The minimum absolute atomic E-state index is 0.222. The molecule has 4 nitrogen and oxygen atoms in total. The third kappa shape index (κ3) is 3.59. The summed E-state index contributed by atoms with van der Waals surface area (Å²) in [5.41, 5.74) is -0.415. The number of nitrogens with zero attached hydrogens (tertiary/aromatic N) is 2. The van der Waals surface area contributed by atoms with Gasteiger partial charge < -0.3 is 4.74 Å². The predicted octanol–water partition coefficient (Wildman–Crippen LogP) is 1.88. The van der Waals surface area contributed by atoms with Gasteiger partial charge in [-0.3, -0.25) is 4.79 Å². The van der Waals surface area contributed by atoms with Crippen molar-refractivity contribution in [3.05, 3.63) is 0 Å². The fourth-order valence-electron chi connectivity index (χ4n) is 1.26. The summed E-state index contributed by atoms with van der Waals surface area (Å²) in [6.07, 6.45) is 0. The molecule has 0 heterocycles. The van der Waals surface area contributed by atoms with Gasteiger partial charge in [-0.2, -0.15) is 10.5 Å². The molecule has 0 aliphatic rings. The highest BCUT2D eigenvalue weighted by molar-refractivity contribution is 5.76. The highest BCUT2D eigenvalue weighted by atomic mass is 16.5. The van der Waals surface area contributed by atoms with Gasteiger partial charge in [0.2, 0.25) is 0 Å². The number of ether oxygens (including phenoxy) is 1. The monoisotopic (exact) mass is 208 g/mol. The molecule has 2 atom stereocenters. The predicted molar refractivity (Wildman–Crippen MR) is 54.3 cm³/mol. The molecule has 0 amide bonds. The molecule has 0 radical (unpaired) electrons. The standard InChI is InChI=1S/C11H16N2O2/c1-5-15-10(14)8(6-12)9(7-13)11(2,3)4/h8-9H,5H2,1-4H3. The van der Waals surface area contributed by atoms with E-state index < -0.39 is 23.2 Å². The summed E-state index contributed by atoms with van der Waals surface area (Å²) in [4.78, 5) is 11.4. The average molecular weight is 208 g/mol. The molecule has 0 aromatic carbocycles. The van der Waals surface area contributed by atoms with Gasteiger partial charge in [0.1, 0.15) is 0 Å². The lowest BCUT2D eigenvalue weighted by molar-refractivity contribution is -0.148. The van der Waals surface area contributed by atoms with Gasteiger partial charge in [0.25, 0.3) is 0 Å². The molecule has 0 bridgehead atoms. The Hall–Kier alpha value is -1.55. The van der Waals surface area contributed by atoms with E-state index in [4.69, 9.17) is 15.3 Å². The first-order valence-electron chi connectivity index (χ1n) is 4.84. The van der Waals surface area contributed by atoms with Crippen LogP contribution < -0.4 is 0 Å². The Balaban J connectivity index is 4.90. The molecule has 82 valence electrons. The normalized spacial score (nSPS) is 14.5. The first-order valence-corrected chi connectivity index (χ1v) is 4.84. The third-order valence-electron chi connectivity index (χ3n) is 2.09. The fourth-order valence-corrected chi connectivity index (χ4v) is 1.26. The van der Waals surface area contributed by atoms with Crippen LogP contribution in [0.4, 0.5) is 0 Å². The lowest BCUT2D eigenvalue weighted by Crippen LogP contribution is -2.32. The molecule has 0 saturated heterocycles. The van der Waals surface area contributed by atoms with Crippen LogP contribution in [0.3, 0.4) is 0 Å². The number of hydrogen-bond acceptors (Lipinski definition) is 4. The topological polar surface area (TPSA) is 73.9 Å². The van der Waals surface area contributed by atoms with Crippen molar-refractivity contribution in [2.75, 3.05) is 6.61 Å². The van der Waals surface area contributed by atoms with Gasteiger partial charge in [-0.25, -0.2) is 0 Å². The maximum absolute atomic E-state index is 11.4. The summed E-state index contributed by atoms with van der Waals surface area (Å²) in [5.74, 6) is -2.27. The van der Waals surface area contributed by atoms with Crippen LogP contribution in [-0.2, 0) is 9.53 Å². The maximum Gasteiger partial charge on any atom is 0.324 e. The summed E-state index contributed by atoms with van der Waals surface area (Å²) in [6.45, 7) is 7.36. The Labute approximate surface area is 90.4 Å². The molecule has 0 rings (SSSR count). The Morgan fingerprint density at radius 1 is 1.33 bits per heavy atom. The van der Waals surface area contributed by atoms with Crippen molar-refractivity contribution in [1.29, 1.82) is 10.5 Å². The van der Waals surface area contributed by atoms with Crippen LogP contribution in [0.5, 0.6) is 0 Å². The number of rotatable bonds is 3. The summed E-state index contributed by atoms with van der Waals surface area (Å²) in [5, 5.41) is 17.9. The summed E-state index contributed by atoms with van der Waals surface area (Å²) in [6, 6.07) is 3.86. The zero-order valence-corrected chi connectivity index (χ0v) is 9.57. The van der Waals surface area contributed by atoms with E-state index in [0.717, 1.165) is 0 Å². The Kier molecular flexibility index (Phi) is 4.81. The van der Waals surface area contributed by atoms with Crippen LogP contribution in [0.15, 0.2) is 0 Å². The van der Waals surface area contributed by atoms with Crippen LogP contribution in [0.2, 0.25) is 0 Å². The molecule has 2 unspecified atom stereocenters. The van der Waals surface area contributed by atoms with E-state index in [1.807, 2.05) is 32.9 Å². The summed E-state index contributed by atoms with van der Waals surface area (Å²) in [7, 11) is 0. The van der Waals surface area contributed by atoms with Crippen LogP contribution >= 0.6 is 0 Å². The lowest BCUT2D eigenvalue weighted by Gasteiger charge is -2.26. The van der Waals surface area contributed by atoms with E-state index in [9.17, 15) is 4.79 Å². The largest absolute Gasteiger partial charge is 0.465 e. The van der Waals surface area contributed by atoms with Crippen molar-refractivity contribution < 1.29 is 9.53 Å². The van der Waals surface area contributed by atoms with Gasteiger partial charge in [0.15, 0.2) is 5.92 Å². The third-order valence-corrected chi connectivity index (χ3v) is 2.09. The SMILES string of the molecule is CCOC(=O)C(C#N)C(C#N)C(C)(C)C. The quantitative estimate of drug-likeness (QED) is 0.663. The van der Waals surface area contributed by atoms with Crippen molar-refractivity contribution in [3.63, 3.8) is 0 Å². The lowest BCUT2D eigenvalue weighted by atomic mass is 9.74.